The summed E-state index contributed by atoms with van der Waals surface area (Å²) in [7, 11) is 1.85. The molecule has 0 aliphatic rings. The van der Waals surface area contributed by atoms with Gasteiger partial charge in [-0.25, -0.2) is 13.8 Å². The molecule has 6 heteroatoms. The lowest BCUT2D eigenvalue weighted by molar-refractivity contribution is 0.487. The summed E-state index contributed by atoms with van der Waals surface area (Å²) in [6.45, 7) is 8.82. The molecule has 0 saturated heterocycles. The van der Waals surface area contributed by atoms with Gasteiger partial charge in [-0.2, -0.15) is 0 Å². The fourth-order valence-electron chi connectivity index (χ4n) is 4.33. The van der Waals surface area contributed by atoms with Crippen LogP contribution in [0, 0.1) is 25.5 Å². The third-order valence-electron chi connectivity index (χ3n) is 6.21. The van der Waals surface area contributed by atoms with Gasteiger partial charge in [-0.3, -0.25) is 4.98 Å². The van der Waals surface area contributed by atoms with Gasteiger partial charge in [0.2, 0.25) is 0 Å². The van der Waals surface area contributed by atoms with E-state index in [9.17, 15) is 8.78 Å². The van der Waals surface area contributed by atoms with Gasteiger partial charge in [0.15, 0.2) is 11.6 Å². The quantitative estimate of drug-likeness (QED) is 0.350. The van der Waals surface area contributed by atoms with Crippen molar-refractivity contribution in [2.75, 3.05) is 13.6 Å². The Bertz CT molecular complexity index is 1130. The average Bonchev–Trinajstić information content (AvgIpc) is 2.83. The zero-order chi connectivity index (χ0) is 24.7. The van der Waals surface area contributed by atoms with Gasteiger partial charge in [-0.15, -0.1) is 0 Å². The number of fused-ring (bicyclic) bond motifs is 1. The molecule has 0 bridgehead atoms. The molecule has 2 aromatic carbocycles. The molecule has 0 radical (unpaired) electrons. The molecule has 1 atom stereocenters. The Morgan fingerprint density at radius 1 is 1.06 bits per heavy atom. The van der Waals surface area contributed by atoms with Crippen molar-refractivity contribution in [2.45, 2.75) is 65.8 Å². The van der Waals surface area contributed by atoms with E-state index in [0.29, 0.717) is 17.2 Å². The van der Waals surface area contributed by atoms with Crippen LogP contribution in [0.5, 0.6) is 0 Å². The summed E-state index contributed by atoms with van der Waals surface area (Å²) in [4.78, 5) is 9.06. The topological polar surface area (TPSA) is 49.8 Å². The van der Waals surface area contributed by atoms with Crippen molar-refractivity contribution in [3.63, 3.8) is 0 Å². The Hall–Kier alpha value is -2.86. The lowest BCUT2D eigenvalue weighted by atomic mass is 9.92. The molecule has 1 unspecified atom stereocenters. The molecule has 4 nitrogen and oxygen atoms in total. The fourth-order valence-corrected chi connectivity index (χ4v) is 4.33. The zero-order valence-electron chi connectivity index (χ0n) is 20.9. The summed E-state index contributed by atoms with van der Waals surface area (Å²) in [5, 5.41) is 6.92. The highest BCUT2D eigenvalue weighted by Crippen LogP contribution is 2.27. The summed E-state index contributed by atoms with van der Waals surface area (Å²) in [6, 6.07) is 9.54. The highest BCUT2D eigenvalue weighted by atomic mass is 19.2. The summed E-state index contributed by atoms with van der Waals surface area (Å²) in [5.74, 6) is -1.61. The average molecular weight is 467 g/mol. The van der Waals surface area contributed by atoms with Crippen molar-refractivity contribution >= 4 is 16.7 Å². The first-order valence-electron chi connectivity index (χ1n) is 12.2. The van der Waals surface area contributed by atoms with Crippen molar-refractivity contribution in [3.05, 3.63) is 76.1 Å². The predicted octanol–water partition coefficient (Wildman–Crippen LogP) is 6.26. The number of hydrogen-bond acceptors (Lipinski definition) is 4. The van der Waals surface area contributed by atoms with E-state index >= 15 is 0 Å². The molecule has 182 valence electrons. The molecular weight excluding hydrogens is 430 g/mol. The Morgan fingerprint density at radius 3 is 2.53 bits per heavy atom. The van der Waals surface area contributed by atoms with Gasteiger partial charge in [0, 0.05) is 30.5 Å². The number of halogens is 2. The van der Waals surface area contributed by atoms with E-state index in [1.807, 2.05) is 20.0 Å². The Morgan fingerprint density at radius 2 is 1.85 bits per heavy atom. The van der Waals surface area contributed by atoms with Crippen LogP contribution >= 0.6 is 0 Å². The van der Waals surface area contributed by atoms with Gasteiger partial charge in [-0.05, 0) is 93.5 Å². The van der Waals surface area contributed by atoms with Crippen molar-refractivity contribution in [3.8, 4) is 0 Å². The number of nitrogens with zero attached hydrogens (tertiary/aromatic N) is 2. The summed E-state index contributed by atoms with van der Waals surface area (Å²) in [5.41, 5.74) is 6.90. The second kappa shape index (κ2) is 12.0. The summed E-state index contributed by atoms with van der Waals surface area (Å²) in [6.07, 6.45) is 6.28. The highest BCUT2D eigenvalue weighted by molar-refractivity contribution is 5.75. The molecule has 3 rings (SSSR count). The molecule has 0 amide bonds. The van der Waals surface area contributed by atoms with Crippen molar-refractivity contribution < 1.29 is 8.78 Å². The van der Waals surface area contributed by atoms with Crippen LogP contribution in [-0.4, -0.2) is 29.6 Å². The van der Waals surface area contributed by atoms with Crippen LogP contribution < -0.4 is 10.6 Å². The van der Waals surface area contributed by atoms with Crippen LogP contribution in [0.2, 0.25) is 0 Å². The van der Waals surface area contributed by atoms with Crippen molar-refractivity contribution in [1.82, 2.24) is 20.6 Å². The molecule has 1 aromatic heterocycles. The molecule has 0 saturated carbocycles. The second-order valence-corrected chi connectivity index (χ2v) is 8.92. The van der Waals surface area contributed by atoms with E-state index < -0.39 is 11.6 Å². The molecule has 0 fully saturated rings. The second-order valence-electron chi connectivity index (χ2n) is 8.92. The molecule has 0 aliphatic heterocycles. The third-order valence-corrected chi connectivity index (χ3v) is 6.21. The van der Waals surface area contributed by atoms with E-state index in [4.69, 9.17) is 0 Å². The number of aryl methyl sites for hydroxylation is 3. The van der Waals surface area contributed by atoms with Crippen molar-refractivity contribution in [1.29, 1.82) is 0 Å². The summed E-state index contributed by atoms with van der Waals surface area (Å²) < 4.78 is 28.2. The van der Waals surface area contributed by atoms with Gasteiger partial charge in [-0.1, -0.05) is 19.9 Å². The zero-order valence-corrected chi connectivity index (χ0v) is 20.9. The number of hydrogen-bond donors (Lipinski definition) is 2. The largest absolute Gasteiger partial charge is 0.388 e. The molecule has 1 heterocycles. The minimum absolute atomic E-state index is 0.307. The highest BCUT2D eigenvalue weighted by Gasteiger charge is 2.17. The third kappa shape index (κ3) is 6.38. The van der Waals surface area contributed by atoms with Crippen LogP contribution in [-0.2, 0) is 6.42 Å². The maximum Gasteiger partial charge on any atom is 0.161 e. The molecule has 34 heavy (non-hydrogen) atoms. The number of benzene rings is 2. The Balaban J connectivity index is 1.96. The monoisotopic (exact) mass is 466 g/mol. The summed E-state index contributed by atoms with van der Waals surface area (Å²) >= 11 is 0. The number of nitrogens with one attached hydrogen (secondary N) is 2. The maximum atomic E-state index is 14.3. The molecule has 0 aliphatic carbocycles. The Labute approximate surface area is 201 Å². The normalized spacial score (nSPS) is 13.1. The van der Waals surface area contributed by atoms with Crippen LogP contribution in [0.25, 0.3) is 16.7 Å². The van der Waals surface area contributed by atoms with Gasteiger partial charge >= 0.3 is 0 Å². The lowest BCUT2D eigenvalue weighted by Gasteiger charge is -2.22. The predicted molar refractivity (Wildman–Crippen MR) is 137 cm³/mol. The minimum atomic E-state index is -0.818. The van der Waals surface area contributed by atoms with Crippen LogP contribution in [0.15, 0.2) is 42.1 Å². The standard InChI is InChI=1S/C28H36F2N4/c1-6-12-32-23(7-2)15-21(28(31-5)22-13-18(3)27(30)24(29)16-22)10-8-20-9-11-25-26(14-20)33-17-19(4)34-25/h9,11,13-14,16-17,23,31-32H,6-8,10,12,15H2,1-5H3/b28-21+. The van der Waals surface area contributed by atoms with Gasteiger partial charge in [0.05, 0.1) is 16.7 Å². The maximum absolute atomic E-state index is 14.3. The van der Waals surface area contributed by atoms with Gasteiger partial charge in [0.1, 0.15) is 0 Å². The SMILES string of the molecule is CCCNC(CC)C/C(CCc1ccc2nc(C)cnc2c1)=C(/NC)c1cc(C)c(F)c(F)c1. The minimum Gasteiger partial charge on any atom is -0.388 e. The van der Waals surface area contributed by atoms with Crippen LogP contribution in [0.4, 0.5) is 8.78 Å². The fraction of sp³-hybridized carbons (Fsp3) is 0.429. The number of aromatic nitrogens is 2. The lowest BCUT2D eigenvalue weighted by Crippen LogP contribution is -2.30. The first-order valence-corrected chi connectivity index (χ1v) is 12.2. The number of rotatable bonds is 11. The molecular formula is C28H36F2N4. The van der Waals surface area contributed by atoms with E-state index in [0.717, 1.165) is 61.1 Å². The van der Waals surface area contributed by atoms with Crippen LogP contribution in [0.1, 0.15) is 61.9 Å². The van der Waals surface area contributed by atoms with E-state index in [-0.39, 0.29) is 0 Å². The van der Waals surface area contributed by atoms with E-state index in [1.54, 1.807) is 19.2 Å². The first kappa shape index (κ1) is 25.8. The van der Waals surface area contributed by atoms with Gasteiger partial charge in [0.25, 0.3) is 0 Å². The Kier molecular flexibility index (Phi) is 9.11. The van der Waals surface area contributed by atoms with E-state index in [1.165, 1.54) is 17.2 Å². The smallest absolute Gasteiger partial charge is 0.161 e. The molecule has 2 N–H and O–H groups in total. The molecule has 0 spiro atoms. The van der Waals surface area contributed by atoms with E-state index in [2.05, 4.69) is 46.6 Å². The van der Waals surface area contributed by atoms with Crippen LogP contribution in [0.3, 0.4) is 0 Å². The van der Waals surface area contributed by atoms with Gasteiger partial charge < -0.3 is 10.6 Å². The van der Waals surface area contributed by atoms with Crippen molar-refractivity contribution in [2.24, 2.45) is 0 Å². The first-order chi connectivity index (χ1) is 16.4. The molecule has 3 aromatic rings.